The van der Waals surface area contributed by atoms with E-state index >= 15 is 0 Å². The van der Waals surface area contributed by atoms with Crippen LogP contribution in [-0.4, -0.2) is 43.6 Å². The molecule has 3 aromatic rings. The zero-order valence-electron chi connectivity index (χ0n) is 17.4. The van der Waals surface area contributed by atoms with Crippen LogP contribution in [0, 0.1) is 0 Å². The number of benzene rings is 2. The highest BCUT2D eigenvalue weighted by Gasteiger charge is 2.32. The summed E-state index contributed by atoms with van der Waals surface area (Å²) in [6.07, 6.45) is 4.42. The lowest BCUT2D eigenvalue weighted by Gasteiger charge is -2.38. The summed E-state index contributed by atoms with van der Waals surface area (Å²) < 4.78 is 11.0. The number of nitrogens with zero attached hydrogens (tertiary/aromatic N) is 2. The molecule has 5 heteroatoms. The van der Waals surface area contributed by atoms with Gasteiger partial charge in [0.25, 0.3) is 5.91 Å². The van der Waals surface area contributed by atoms with E-state index in [1.807, 2.05) is 29.2 Å². The van der Waals surface area contributed by atoms with Gasteiger partial charge in [-0.05, 0) is 49.1 Å². The monoisotopic (exact) mass is 404 g/mol. The fourth-order valence-corrected chi connectivity index (χ4v) is 4.15. The van der Waals surface area contributed by atoms with Gasteiger partial charge in [-0.25, -0.2) is 0 Å². The minimum Gasteiger partial charge on any atom is -0.495 e. The summed E-state index contributed by atoms with van der Waals surface area (Å²) in [5, 5.41) is 0. The summed E-state index contributed by atoms with van der Waals surface area (Å²) in [5.41, 5.74) is 2.16. The van der Waals surface area contributed by atoms with Gasteiger partial charge in [0.2, 0.25) is 0 Å². The van der Waals surface area contributed by atoms with Gasteiger partial charge < -0.3 is 14.1 Å². The van der Waals surface area contributed by atoms with Crippen LogP contribution in [0.3, 0.4) is 0 Å². The number of ether oxygens (including phenoxy) is 1. The van der Waals surface area contributed by atoms with Gasteiger partial charge >= 0.3 is 0 Å². The van der Waals surface area contributed by atoms with Gasteiger partial charge in [0.15, 0.2) is 5.76 Å². The van der Waals surface area contributed by atoms with E-state index in [1.165, 1.54) is 5.56 Å². The van der Waals surface area contributed by atoms with Crippen molar-refractivity contribution in [2.45, 2.75) is 25.3 Å². The van der Waals surface area contributed by atoms with Gasteiger partial charge in [0, 0.05) is 25.7 Å². The highest BCUT2D eigenvalue weighted by atomic mass is 16.5. The predicted octanol–water partition coefficient (Wildman–Crippen LogP) is 4.64. The third kappa shape index (κ3) is 4.57. The lowest BCUT2D eigenvalue weighted by Crippen LogP contribution is -2.48. The average Bonchev–Trinajstić information content (AvgIpc) is 3.35. The summed E-state index contributed by atoms with van der Waals surface area (Å²) in [5.74, 6) is 0.934. The van der Waals surface area contributed by atoms with Crippen molar-refractivity contribution >= 4 is 11.6 Å². The van der Waals surface area contributed by atoms with E-state index in [2.05, 4.69) is 35.2 Å². The molecule has 0 saturated carbocycles. The maximum atomic E-state index is 13.3. The Hall–Kier alpha value is -3.05. The molecular weight excluding hydrogens is 376 g/mol. The molecule has 2 aromatic carbocycles. The normalized spacial score (nSPS) is 15.1. The van der Waals surface area contributed by atoms with Crippen molar-refractivity contribution in [3.8, 4) is 5.75 Å². The molecule has 1 aliphatic heterocycles. The molecule has 0 N–H and O–H groups in total. The van der Waals surface area contributed by atoms with E-state index in [9.17, 15) is 4.79 Å². The summed E-state index contributed by atoms with van der Waals surface area (Å²) >= 11 is 0. The third-order valence-corrected chi connectivity index (χ3v) is 5.78. The summed E-state index contributed by atoms with van der Waals surface area (Å²) in [6.45, 7) is 2.97. The number of piperidine rings is 1. The van der Waals surface area contributed by atoms with Crippen molar-refractivity contribution in [3.63, 3.8) is 0 Å². The van der Waals surface area contributed by atoms with Crippen molar-refractivity contribution in [1.29, 1.82) is 0 Å². The Bertz CT molecular complexity index is 932. The van der Waals surface area contributed by atoms with Crippen LogP contribution in [0.2, 0.25) is 0 Å². The maximum Gasteiger partial charge on any atom is 0.294 e. The summed E-state index contributed by atoms with van der Waals surface area (Å²) in [6, 6.07) is 21.9. The fraction of sp³-hybridized carbons (Fsp3) is 0.320. The van der Waals surface area contributed by atoms with Crippen molar-refractivity contribution in [2.75, 3.05) is 31.6 Å². The maximum absolute atomic E-state index is 13.3. The van der Waals surface area contributed by atoms with E-state index in [0.717, 1.165) is 44.6 Å². The first kappa shape index (κ1) is 20.2. The van der Waals surface area contributed by atoms with Crippen molar-refractivity contribution in [2.24, 2.45) is 0 Å². The van der Waals surface area contributed by atoms with Crippen molar-refractivity contribution < 1.29 is 13.9 Å². The number of hydrogen-bond acceptors (Lipinski definition) is 4. The minimum atomic E-state index is -0.118. The molecule has 156 valence electrons. The van der Waals surface area contributed by atoms with Crippen LogP contribution in [0.5, 0.6) is 5.75 Å². The Morgan fingerprint density at radius 2 is 1.77 bits per heavy atom. The second-order valence-electron chi connectivity index (χ2n) is 7.63. The zero-order valence-corrected chi connectivity index (χ0v) is 17.4. The molecular formula is C25H28N2O3. The lowest BCUT2D eigenvalue weighted by atomic mass is 10.0. The number of methoxy groups -OCH3 is 1. The van der Waals surface area contributed by atoms with Gasteiger partial charge in [-0.15, -0.1) is 0 Å². The smallest absolute Gasteiger partial charge is 0.294 e. The van der Waals surface area contributed by atoms with Gasteiger partial charge in [-0.1, -0.05) is 42.5 Å². The van der Waals surface area contributed by atoms with Crippen LogP contribution in [-0.2, 0) is 6.42 Å². The van der Waals surface area contributed by atoms with Gasteiger partial charge in [-0.3, -0.25) is 9.69 Å². The molecule has 0 radical (unpaired) electrons. The molecule has 2 heterocycles. The topological polar surface area (TPSA) is 45.9 Å². The second-order valence-corrected chi connectivity index (χ2v) is 7.63. The van der Waals surface area contributed by atoms with Crippen molar-refractivity contribution in [3.05, 3.63) is 84.3 Å². The average molecular weight is 405 g/mol. The second kappa shape index (κ2) is 9.63. The minimum absolute atomic E-state index is 0.104. The van der Waals surface area contributed by atoms with E-state index in [-0.39, 0.29) is 11.9 Å². The molecule has 30 heavy (non-hydrogen) atoms. The molecule has 0 bridgehead atoms. The Labute approximate surface area is 177 Å². The number of carbonyl (C=O) groups excluding carboxylic acids is 1. The predicted molar refractivity (Wildman–Crippen MR) is 118 cm³/mol. The number of furan rings is 1. The first-order chi connectivity index (χ1) is 14.8. The molecule has 1 fully saturated rings. The van der Waals surface area contributed by atoms with Crippen LogP contribution < -0.4 is 9.64 Å². The Morgan fingerprint density at radius 3 is 2.47 bits per heavy atom. The number of para-hydroxylation sites is 2. The highest BCUT2D eigenvalue weighted by molar-refractivity contribution is 6.05. The first-order valence-electron chi connectivity index (χ1n) is 10.5. The van der Waals surface area contributed by atoms with Gasteiger partial charge in [0.05, 0.1) is 19.1 Å². The number of carbonyl (C=O) groups is 1. The fourth-order valence-electron chi connectivity index (χ4n) is 4.15. The number of hydrogen-bond donors (Lipinski definition) is 0. The van der Waals surface area contributed by atoms with Crippen LogP contribution in [0.4, 0.5) is 5.69 Å². The van der Waals surface area contributed by atoms with Crippen LogP contribution in [0.1, 0.15) is 29.0 Å². The molecule has 0 atom stereocenters. The molecule has 0 unspecified atom stereocenters. The van der Waals surface area contributed by atoms with E-state index in [1.54, 1.807) is 25.5 Å². The largest absolute Gasteiger partial charge is 0.495 e. The van der Waals surface area contributed by atoms with Gasteiger partial charge in [0.1, 0.15) is 5.75 Å². The van der Waals surface area contributed by atoms with E-state index < -0.39 is 0 Å². The lowest BCUT2D eigenvalue weighted by molar-refractivity contribution is 0.0932. The van der Waals surface area contributed by atoms with Crippen LogP contribution in [0.25, 0.3) is 0 Å². The van der Waals surface area contributed by atoms with Crippen LogP contribution in [0.15, 0.2) is 77.4 Å². The molecule has 0 spiro atoms. The highest BCUT2D eigenvalue weighted by Crippen LogP contribution is 2.33. The molecule has 1 saturated heterocycles. The van der Waals surface area contributed by atoms with Crippen LogP contribution >= 0.6 is 0 Å². The number of rotatable bonds is 7. The molecule has 1 amide bonds. The first-order valence-corrected chi connectivity index (χ1v) is 10.5. The molecule has 5 nitrogen and oxygen atoms in total. The Morgan fingerprint density at radius 1 is 1.03 bits per heavy atom. The molecule has 1 aromatic heterocycles. The van der Waals surface area contributed by atoms with Gasteiger partial charge in [-0.2, -0.15) is 0 Å². The summed E-state index contributed by atoms with van der Waals surface area (Å²) in [4.78, 5) is 17.7. The van der Waals surface area contributed by atoms with E-state index in [4.69, 9.17) is 9.15 Å². The molecule has 4 rings (SSSR count). The molecule has 1 aliphatic rings. The van der Waals surface area contributed by atoms with E-state index in [0.29, 0.717) is 11.5 Å². The summed E-state index contributed by atoms with van der Waals surface area (Å²) in [7, 11) is 1.64. The zero-order chi connectivity index (χ0) is 20.8. The Balaban J connectivity index is 1.47. The SMILES string of the molecule is COc1ccccc1N(C(=O)c1ccco1)C1CCN(CCc2ccccc2)CC1. The Kier molecular flexibility index (Phi) is 6.50. The number of anilines is 1. The molecule has 0 aliphatic carbocycles. The number of likely N-dealkylation sites (tertiary alicyclic amines) is 1. The standard InChI is InChI=1S/C25H28N2O3/c1-29-23-11-6-5-10-22(23)27(25(28)24-12-7-19-30-24)21-14-17-26(18-15-21)16-13-20-8-3-2-4-9-20/h2-12,19,21H,13-18H2,1H3. The number of amides is 1. The quantitative estimate of drug-likeness (QED) is 0.575. The van der Waals surface area contributed by atoms with Crippen molar-refractivity contribution in [1.82, 2.24) is 4.90 Å². The third-order valence-electron chi connectivity index (χ3n) is 5.78.